The maximum Gasteiger partial charge on any atom is 0.321 e. The third-order valence-corrected chi connectivity index (χ3v) is 3.13. The fraction of sp³-hybridized carbons (Fsp3) is 0.600. The molecule has 0 aromatic carbocycles. The van der Waals surface area contributed by atoms with Crippen LogP contribution in [0.5, 0.6) is 6.01 Å². The molecule has 6 nitrogen and oxygen atoms in total. The van der Waals surface area contributed by atoms with Gasteiger partial charge in [0.05, 0.1) is 12.4 Å². The maximum absolute atomic E-state index is 11.5. The first-order chi connectivity index (χ1) is 8.67. The third-order valence-electron chi connectivity index (χ3n) is 2.12. The molecule has 1 amide bonds. The minimum atomic E-state index is -0.0167. The van der Waals surface area contributed by atoms with Crippen LogP contribution in [-0.2, 0) is 4.79 Å². The van der Waals surface area contributed by atoms with E-state index in [1.165, 1.54) is 11.8 Å². The summed E-state index contributed by atoms with van der Waals surface area (Å²) < 4.78 is 5.15. The van der Waals surface area contributed by atoms with Crippen molar-refractivity contribution in [3.8, 4) is 6.01 Å². The van der Waals surface area contributed by atoms with Crippen molar-refractivity contribution < 1.29 is 9.53 Å². The number of hydrogen-bond acceptors (Lipinski definition) is 6. The van der Waals surface area contributed by atoms with E-state index in [9.17, 15) is 4.79 Å². The van der Waals surface area contributed by atoms with Crippen LogP contribution in [0.15, 0.2) is 5.16 Å². The lowest BCUT2D eigenvalue weighted by Crippen LogP contribution is -2.27. The molecule has 1 aromatic heterocycles. The van der Waals surface area contributed by atoms with Crippen molar-refractivity contribution in [2.75, 3.05) is 12.4 Å². The number of thioether (sulfide) groups is 1. The normalized spacial score (nSPS) is 14.3. The molecule has 0 unspecified atom stereocenters. The Balaban J connectivity index is 1.88. The van der Waals surface area contributed by atoms with Crippen molar-refractivity contribution >= 4 is 29.3 Å². The molecule has 0 spiro atoms. The first-order valence-corrected chi connectivity index (χ1v) is 7.00. The number of amides is 1. The van der Waals surface area contributed by atoms with Gasteiger partial charge in [0, 0.05) is 6.04 Å². The van der Waals surface area contributed by atoms with Gasteiger partial charge in [-0.2, -0.15) is 15.0 Å². The third kappa shape index (κ3) is 4.30. The van der Waals surface area contributed by atoms with E-state index in [-0.39, 0.29) is 23.0 Å². The van der Waals surface area contributed by atoms with Crippen molar-refractivity contribution in [1.29, 1.82) is 0 Å². The number of nitrogens with one attached hydrogen (secondary N) is 1. The lowest BCUT2D eigenvalue weighted by atomic mass is 10.6. The monoisotopic (exact) mass is 288 g/mol. The first kappa shape index (κ1) is 13.4. The van der Waals surface area contributed by atoms with Crippen LogP contribution in [0.1, 0.15) is 19.8 Å². The zero-order valence-corrected chi connectivity index (χ0v) is 11.4. The van der Waals surface area contributed by atoms with Crippen LogP contribution in [0.3, 0.4) is 0 Å². The van der Waals surface area contributed by atoms with Crippen molar-refractivity contribution in [2.45, 2.75) is 31.0 Å². The summed E-state index contributed by atoms with van der Waals surface area (Å²) in [6.07, 6.45) is 2.14. The van der Waals surface area contributed by atoms with E-state index in [0.717, 1.165) is 12.8 Å². The van der Waals surface area contributed by atoms with Crippen molar-refractivity contribution in [2.24, 2.45) is 0 Å². The summed E-state index contributed by atoms with van der Waals surface area (Å²) in [7, 11) is 0. The average molecular weight is 289 g/mol. The number of carbonyl (C=O) groups excluding carboxylic acids is 1. The predicted octanol–water partition coefficient (Wildman–Crippen LogP) is 1.29. The molecular formula is C10H13ClN4O2S. The number of nitrogens with zero attached hydrogens (tertiary/aromatic N) is 3. The van der Waals surface area contributed by atoms with E-state index in [0.29, 0.717) is 17.8 Å². The second kappa shape index (κ2) is 6.19. The Bertz CT molecular complexity index is 442. The lowest BCUT2D eigenvalue weighted by molar-refractivity contribution is -0.118. The Kier molecular flexibility index (Phi) is 4.60. The molecule has 1 heterocycles. The van der Waals surface area contributed by atoms with Gasteiger partial charge in [0.1, 0.15) is 0 Å². The standard InChI is InChI=1S/C10H13ClN4O2S/c1-2-17-9-13-8(11)14-10(15-9)18-5-7(16)12-6-3-4-6/h6H,2-5H2,1H3,(H,12,16). The second-order valence-electron chi connectivity index (χ2n) is 3.73. The summed E-state index contributed by atoms with van der Waals surface area (Å²) in [5, 5.41) is 3.34. The number of halogens is 1. The molecule has 1 fully saturated rings. The van der Waals surface area contributed by atoms with E-state index in [4.69, 9.17) is 16.3 Å². The molecule has 0 aliphatic heterocycles. The summed E-state index contributed by atoms with van der Waals surface area (Å²) >= 11 is 6.95. The lowest BCUT2D eigenvalue weighted by Gasteiger charge is -2.04. The highest BCUT2D eigenvalue weighted by molar-refractivity contribution is 7.99. The summed E-state index contributed by atoms with van der Waals surface area (Å²) in [6, 6.07) is 0.543. The van der Waals surface area contributed by atoms with Crippen LogP contribution < -0.4 is 10.1 Å². The van der Waals surface area contributed by atoms with Crippen molar-refractivity contribution in [3.05, 3.63) is 5.28 Å². The molecule has 0 saturated heterocycles. The van der Waals surface area contributed by atoms with E-state index in [2.05, 4.69) is 20.3 Å². The molecule has 8 heteroatoms. The summed E-state index contributed by atoms with van der Waals surface area (Å²) in [5.41, 5.74) is 0. The SMILES string of the molecule is CCOc1nc(Cl)nc(SCC(=O)NC2CC2)n1. The number of rotatable bonds is 6. The number of ether oxygens (including phenoxy) is 1. The molecule has 1 aliphatic carbocycles. The highest BCUT2D eigenvalue weighted by atomic mass is 35.5. The van der Waals surface area contributed by atoms with Crippen LogP contribution in [0, 0.1) is 0 Å². The first-order valence-electron chi connectivity index (χ1n) is 5.64. The topological polar surface area (TPSA) is 77.0 Å². The fourth-order valence-electron chi connectivity index (χ4n) is 1.20. The zero-order chi connectivity index (χ0) is 13.0. The smallest absolute Gasteiger partial charge is 0.321 e. The van der Waals surface area contributed by atoms with E-state index in [1.54, 1.807) is 0 Å². The van der Waals surface area contributed by atoms with Gasteiger partial charge in [-0.15, -0.1) is 0 Å². The van der Waals surface area contributed by atoms with E-state index >= 15 is 0 Å². The van der Waals surface area contributed by atoms with Gasteiger partial charge in [-0.05, 0) is 31.4 Å². The molecule has 1 aliphatic rings. The Morgan fingerprint density at radius 1 is 1.50 bits per heavy atom. The molecule has 0 radical (unpaired) electrons. The highest BCUT2D eigenvalue weighted by Gasteiger charge is 2.23. The van der Waals surface area contributed by atoms with E-state index in [1.807, 2.05) is 6.92 Å². The Morgan fingerprint density at radius 3 is 2.94 bits per heavy atom. The van der Waals surface area contributed by atoms with Crippen LogP contribution in [0.4, 0.5) is 0 Å². The van der Waals surface area contributed by atoms with Crippen LogP contribution in [0.25, 0.3) is 0 Å². The molecule has 2 rings (SSSR count). The minimum Gasteiger partial charge on any atom is -0.464 e. The van der Waals surface area contributed by atoms with Gasteiger partial charge < -0.3 is 10.1 Å². The number of carbonyl (C=O) groups is 1. The summed E-state index contributed by atoms with van der Waals surface area (Å²) in [5.74, 6) is 0.250. The van der Waals surface area contributed by atoms with Crippen molar-refractivity contribution in [1.82, 2.24) is 20.3 Å². The zero-order valence-electron chi connectivity index (χ0n) is 9.85. The molecule has 0 atom stereocenters. The number of aromatic nitrogens is 3. The highest BCUT2D eigenvalue weighted by Crippen LogP contribution is 2.20. The molecule has 1 aromatic rings. The Labute approximate surface area is 114 Å². The second-order valence-corrected chi connectivity index (χ2v) is 5.01. The van der Waals surface area contributed by atoms with Gasteiger partial charge in [-0.3, -0.25) is 4.79 Å². The van der Waals surface area contributed by atoms with Crippen molar-refractivity contribution in [3.63, 3.8) is 0 Å². The average Bonchev–Trinajstić information content (AvgIpc) is 3.10. The molecule has 1 N–H and O–H groups in total. The molecule has 98 valence electrons. The van der Waals surface area contributed by atoms with Gasteiger partial charge in [0.25, 0.3) is 0 Å². The maximum atomic E-state index is 11.5. The molecule has 1 saturated carbocycles. The molecular weight excluding hydrogens is 276 g/mol. The molecule has 18 heavy (non-hydrogen) atoms. The Hall–Kier alpha value is -1.08. The summed E-state index contributed by atoms with van der Waals surface area (Å²) in [6.45, 7) is 2.28. The Morgan fingerprint density at radius 2 is 2.28 bits per heavy atom. The minimum absolute atomic E-state index is 0.0167. The van der Waals surface area contributed by atoms with Gasteiger partial charge in [0.15, 0.2) is 5.16 Å². The van der Waals surface area contributed by atoms with Gasteiger partial charge in [-0.1, -0.05) is 11.8 Å². The number of hydrogen-bond donors (Lipinski definition) is 1. The summed E-state index contributed by atoms with van der Waals surface area (Å²) in [4.78, 5) is 23.3. The largest absolute Gasteiger partial charge is 0.464 e. The fourth-order valence-corrected chi connectivity index (χ4v) is 2.04. The van der Waals surface area contributed by atoms with Crippen LogP contribution in [0.2, 0.25) is 5.28 Å². The van der Waals surface area contributed by atoms with Gasteiger partial charge in [-0.25, -0.2) is 0 Å². The van der Waals surface area contributed by atoms with Crippen LogP contribution >= 0.6 is 23.4 Å². The van der Waals surface area contributed by atoms with Crippen LogP contribution in [-0.4, -0.2) is 39.3 Å². The van der Waals surface area contributed by atoms with Gasteiger partial charge >= 0.3 is 6.01 Å². The van der Waals surface area contributed by atoms with E-state index < -0.39 is 0 Å². The predicted molar refractivity (Wildman–Crippen MR) is 67.9 cm³/mol. The van der Waals surface area contributed by atoms with Gasteiger partial charge in [0.2, 0.25) is 11.2 Å². The molecule has 0 bridgehead atoms. The quantitative estimate of drug-likeness (QED) is 0.795.